The second kappa shape index (κ2) is 11.3. The van der Waals surface area contributed by atoms with Crippen molar-refractivity contribution in [3.05, 3.63) is 83.6 Å². The molecule has 0 radical (unpaired) electrons. The van der Waals surface area contributed by atoms with Crippen LogP contribution in [-0.2, 0) is 19.6 Å². The molecule has 0 unspecified atom stereocenters. The highest BCUT2D eigenvalue weighted by Crippen LogP contribution is 2.17. The number of aromatic nitrogens is 1. The zero-order chi connectivity index (χ0) is 22.1. The Morgan fingerprint density at radius 2 is 1.68 bits per heavy atom. The van der Waals surface area contributed by atoms with Gasteiger partial charge in [-0.3, -0.25) is 9.69 Å². The molecule has 2 aromatic carbocycles. The fourth-order valence-electron chi connectivity index (χ4n) is 3.16. The van der Waals surface area contributed by atoms with Gasteiger partial charge in [0, 0.05) is 26.2 Å². The van der Waals surface area contributed by atoms with E-state index in [0.29, 0.717) is 31.2 Å². The average Bonchev–Trinajstić information content (AvgIpc) is 3.23. The van der Waals surface area contributed by atoms with E-state index < -0.39 is 0 Å². The minimum atomic E-state index is -0.221. The van der Waals surface area contributed by atoms with Gasteiger partial charge in [0.05, 0.1) is 13.7 Å². The van der Waals surface area contributed by atoms with E-state index in [-0.39, 0.29) is 5.91 Å². The summed E-state index contributed by atoms with van der Waals surface area (Å²) in [7, 11) is 5.59. The van der Waals surface area contributed by atoms with Gasteiger partial charge in [0.25, 0.3) is 5.91 Å². The summed E-state index contributed by atoms with van der Waals surface area (Å²) in [5, 5.41) is 2.86. The lowest BCUT2D eigenvalue weighted by atomic mass is 10.1. The molecule has 0 saturated heterocycles. The number of nitrogens with one attached hydrogen (secondary N) is 1. The number of likely N-dealkylation sites (N-methyl/N-ethyl adjacent to an activating group) is 1. The van der Waals surface area contributed by atoms with Crippen LogP contribution in [0, 0.1) is 0 Å². The Morgan fingerprint density at radius 1 is 1.00 bits per heavy atom. The fraction of sp³-hybridized carbons (Fsp3) is 0.333. The van der Waals surface area contributed by atoms with Crippen LogP contribution in [0.25, 0.3) is 0 Å². The molecule has 164 valence electrons. The smallest absolute Gasteiger partial charge is 0.273 e. The molecule has 0 aliphatic heterocycles. The summed E-state index contributed by atoms with van der Waals surface area (Å²) in [6, 6.07) is 18.3. The number of rotatable bonds is 11. The first kappa shape index (κ1) is 22.5. The van der Waals surface area contributed by atoms with Crippen molar-refractivity contribution in [3.63, 3.8) is 0 Å². The monoisotopic (exact) mass is 422 g/mol. The Balaban J connectivity index is 1.67. The number of ether oxygens (including phenoxy) is 1. The van der Waals surface area contributed by atoms with E-state index in [1.54, 1.807) is 7.11 Å². The highest BCUT2D eigenvalue weighted by Gasteiger charge is 2.16. The van der Waals surface area contributed by atoms with Gasteiger partial charge in [0.1, 0.15) is 12.0 Å². The van der Waals surface area contributed by atoms with Gasteiger partial charge in [0.15, 0.2) is 5.69 Å². The van der Waals surface area contributed by atoms with Gasteiger partial charge in [0.2, 0.25) is 5.89 Å². The standard InChI is InChI=1S/C24H30N4O3/c1-27(2)14-13-25-24(29)22-18-31-23(26-22)17-28(15-19-7-5-4-6-8-19)16-20-9-11-21(30-3)12-10-20/h4-12,18H,13-17H2,1-3H3,(H,25,29). The lowest BCUT2D eigenvalue weighted by molar-refractivity contribution is 0.0946. The Labute approximate surface area is 183 Å². The number of carbonyl (C=O) groups is 1. The first-order valence-corrected chi connectivity index (χ1v) is 10.3. The number of carbonyl (C=O) groups excluding carboxylic acids is 1. The van der Waals surface area contributed by atoms with E-state index in [2.05, 4.69) is 39.5 Å². The minimum absolute atomic E-state index is 0.221. The summed E-state index contributed by atoms with van der Waals surface area (Å²) >= 11 is 0. The van der Waals surface area contributed by atoms with Crippen LogP contribution in [0.1, 0.15) is 27.5 Å². The second-order valence-corrected chi connectivity index (χ2v) is 7.66. The lowest BCUT2D eigenvalue weighted by Gasteiger charge is -2.21. The first-order chi connectivity index (χ1) is 15.0. The Morgan fingerprint density at radius 3 is 2.32 bits per heavy atom. The molecule has 1 aromatic heterocycles. The topological polar surface area (TPSA) is 70.8 Å². The summed E-state index contributed by atoms with van der Waals surface area (Å²) in [5.74, 6) is 1.12. The predicted molar refractivity (Wildman–Crippen MR) is 120 cm³/mol. The van der Waals surface area contributed by atoms with E-state index in [0.717, 1.165) is 24.4 Å². The molecule has 31 heavy (non-hydrogen) atoms. The Bertz CT molecular complexity index is 939. The number of hydrogen-bond donors (Lipinski definition) is 1. The minimum Gasteiger partial charge on any atom is -0.497 e. The molecule has 3 rings (SSSR count). The summed E-state index contributed by atoms with van der Waals surface area (Å²) < 4.78 is 10.9. The fourth-order valence-corrected chi connectivity index (χ4v) is 3.16. The SMILES string of the molecule is COc1ccc(CN(Cc2ccccc2)Cc2nc(C(=O)NCCN(C)C)co2)cc1. The maximum Gasteiger partial charge on any atom is 0.273 e. The van der Waals surface area contributed by atoms with Crippen molar-refractivity contribution in [2.75, 3.05) is 34.3 Å². The number of nitrogens with zero attached hydrogens (tertiary/aromatic N) is 3. The van der Waals surface area contributed by atoms with Gasteiger partial charge in [-0.2, -0.15) is 0 Å². The predicted octanol–water partition coefficient (Wildman–Crippen LogP) is 3.18. The molecule has 0 saturated carbocycles. The summed E-state index contributed by atoms with van der Waals surface area (Å²) in [4.78, 5) is 20.9. The third kappa shape index (κ3) is 7.24. The first-order valence-electron chi connectivity index (χ1n) is 10.3. The van der Waals surface area contributed by atoms with Crippen LogP contribution < -0.4 is 10.1 Å². The largest absolute Gasteiger partial charge is 0.497 e. The number of hydrogen-bond acceptors (Lipinski definition) is 6. The second-order valence-electron chi connectivity index (χ2n) is 7.66. The van der Waals surface area contributed by atoms with E-state index in [1.807, 2.05) is 49.3 Å². The van der Waals surface area contributed by atoms with Crippen LogP contribution in [-0.4, -0.2) is 55.0 Å². The zero-order valence-electron chi connectivity index (χ0n) is 18.4. The van der Waals surface area contributed by atoms with Crippen molar-refractivity contribution in [2.24, 2.45) is 0 Å². The van der Waals surface area contributed by atoms with Crippen molar-refractivity contribution in [1.82, 2.24) is 20.1 Å². The molecule has 0 atom stereocenters. The highest BCUT2D eigenvalue weighted by atomic mass is 16.5. The highest BCUT2D eigenvalue weighted by molar-refractivity contribution is 5.91. The zero-order valence-corrected chi connectivity index (χ0v) is 18.4. The molecule has 0 fully saturated rings. The molecule has 0 aliphatic carbocycles. The van der Waals surface area contributed by atoms with E-state index >= 15 is 0 Å². The van der Waals surface area contributed by atoms with Gasteiger partial charge in [-0.05, 0) is 37.4 Å². The number of methoxy groups -OCH3 is 1. The Kier molecular flexibility index (Phi) is 8.20. The molecular weight excluding hydrogens is 392 g/mol. The number of oxazole rings is 1. The van der Waals surface area contributed by atoms with Gasteiger partial charge in [-0.25, -0.2) is 4.98 Å². The van der Waals surface area contributed by atoms with Crippen molar-refractivity contribution >= 4 is 5.91 Å². The third-order valence-electron chi connectivity index (χ3n) is 4.80. The van der Waals surface area contributed by atoms with Crippen LogP contribution in [0.4, 0.5) is 0 Å². The molecule has 1 amide bonds. The van der Waals surface area contributed by atoms with Crippen LogP contribution in [0.5, 0.6) is 5.75 Å². The van der Waals surface area contributed by atoms with E-state index in [1.165, 1.54) is 11.8 Å². The number of benzene rings is 2. The van der Waals surface area contributed by atoms with Crippen molar-refractivity contribution in [3.8, 4) is 5.75 Å². The van der Waals surface area contributed by atoms with Gasteiger partial charge in [-0.1, -0.05) is 42.5 Å². The number of amides is 1. The summed E-state index contributed by atoms with van der Waals surface area (Å²) in [6.07, 6.45) is 1.43. The van der Waals surface area contributed by atoms with Crippen molar-refractivity contribution in [2.45, 2.75) is 19.6 Å². The summed E-state index contributed by atoms with van der Waals surface area (Å²) in [5.41, 5.74) is 2.66. The van der Waals surface area contributed by atoms with Crippen molar-refractivity contribution < 1.29 is 13.9 Å². The molecule has 0 aliphatic rings. The molecule has 7 nitrogen and oxygen atoms in total. The summed E-state index contributed by atoms with van der Waals surface area (Å²) in [6.45, 7) is 3.27. The maximum absolute atomic E-state index is 12.3. The van der Waals surface area contributed by atoms with E-state index in [4.69, 9.17) is 9.15 Å². The molecule has 0 spiro atoms. The van der Waals surface area contributed by atoms with Crippen LogP contribution in [0.2, 0.25) is 0 Å². The molecule has 7 heteroatoms. The van der Waals surface area contributed by atoms with Crippen LogP contribution in [0.15, 0.2) is 65.3 Å². The third-order valence-corrected chi connectivity index (χ3v) is 4.80. The van der Waals surface area contributed by atoms with E-state index in [9.17, 15) is 4.79 Å². The normalized spacial score (nSPS) is 11.1. The Hall–Kier alpha value is -3.16. The molecule has 1 N–H and O–H groups in total. The average molecular weight is 423 g/mol. The lowest BCUT2D eigenvalue weighted by Crippen LogP contribution is -2.31. The quantitative estimate of drug-likeness (QED) is 0.512. The van der Waals surface area contributed by atoms with Gasteiger partial charge >= 0.3 is 0 Å². The van der Waals surface area contributed by atoms with Gasteiger partial charge in [-0.15, -0.1) is 0 Å². The van der Waals surface area contributed by atoms with Crippen LogP contribution in [0.3, 0.4) is 0 Å². The molecule has 0 bridgehead atoms. The van der Waals surface area contributed by atoms with Gasteiger partial charge < -0.3 is 19.4 Å². The molecule has 1 heterocycles. The molecular formula is C24H30N4O3. The molecule has 3 aromatic rings. The van der Waals surface area contributed by atoms with Crippen LogP contribution >= 0.6 is 0 Å². The van der Waals surface area contributed by atoms with Crippen molar-refractivity contribution in [1.29, 1.82) is 0 Å². The maximum atomic E-state index is 12.3.